The summed E-state index contributed by atoms with van der Waals surface area (Å²) in [6, 6.07) is 10.9. The molecule has 0 aliphatic heterocycles. The largest absolute Gasteiger partial charge is 0.494 e. The van der Waals surface area contributed by atoms with Crippen molar-refractivity contribution < 1.29 is 14.3 Å². The molecule has 2 aromatic carbocycles. The van der Waals surface area contributed by atoms with Gasteiger partial charge in [0.2, 0.25) is 0 Å². The molecule has 1 amide bonds. The summed E-state index contributed by atoms with van der Waals surface area (Å²) >= 11 is 0. The number of nitrogen functional groups attached to an aromatic ring is 1. The Bertz CT molecular complexity index is 663. The molecule has 0 unspecified atom stereocenters. The number of methoxy groups -OCH3 is 1. The minimum atomic E-state index is -0.262. The molecule has 5 nitrogen and oxygen atoms in total. The first-order valence-corrected chi connectivity index (χ1v) is 6.92. The molecule has 0 aliphatic carbocycles. The van der Waals surface area contributed by atoms with Crippen molar-refractivity contribution >= 4 is 17.3 Å². The van der Waals surface area contributed by atoms with E-state index in [1.165, 1.54) is 7.11 Å². The third-order valence-electron chi connectivity index (χ3n) is 3.06. The van der Waals surface area contributed by atoms with Crippen LogP contribution in [0, 0.1) is 13.8 Å². The number of carbonyl (C=O) groups excluding carboxylic acids is 1. The van der Waals surface area contributed by atoms with Crippen molar-refractivity contribution in [2.75, 3.05) is 24.8 Å². The van der Waals surface area contributed by atoms with Crippen LogP contribution in [0.5, 0.6) is 11.5 Å². The summed E-state index contributed by atoms with van der Waals surface area (Å²) in [5, 5.41) is 2.74. The topological polar surface area (TPSA) is 73.6 Å². The fourth-order valence-electron chi connectivity index (χ4n) is 2.16. The predicted molar refractivity (Wildman–Crippen MR) is 87.4 cm³/mol. The number of nitrogens with two attached hydrogens (primary N) is 1. The first kappa shape index (κ1) is 15.7. The zero-order chi connectivity index (χ0) is 16.1. The lowest BCUT2D eigenvalue weighted by atomic mass is 10.1. The van der Waals surface area contributed by atoms with Crippen LogP contribution < -0.4 is 20.5 Å². The van der Waals surface area contributed by atoms with Crippen LogP contribution in [0.3, 0.4) is 0 Å². The maximum atomic E-state index is 12.0. The maximum Gasteiger partial charge on any atom is 0.262 e. The molecule has 0 saturated carbocycles. The number of carbonyl (C=O) groups is 1. The molecule has 0 saturated heterocycles. The Morgan fingerprint density at radius 2 is 1.82 bits per heavy atom. The summed E-state index contributed by atoms with van der Waals surface area (Å²) in [6.07, 6.45) is 0. The van der Waals surface area contributed by atoms with E-state index in [2.05, 4.69) is 5.32 Å². The number of hydrogen-bond acceptors (Lipinski definition) is 4. The Morgan fingerprint density at radius 1 is 1.14 bits per heavy atom. The van der Waals surface area contributed by atoms with Gasteiger partial charge in [-0.15, -0.1) is 0 Å². The lowest BCUT2D eigenvalue weighted by Crippen LogP contribution is -2.20. The lowest BCUT2D eigenvalue weighted by molar-refractivity contribution is -0.118. The zero-order valence-corrected chi connectivity index (χ0v) is 13.0. The van der Waals surface area contributed by atoms with Gasteiger partial charge in [0, 0.05) is 11.8 Å². The normalized spacial score (nSPS) is 10.1. The van der Waals surface area contributed by atoms with Crippen LogP contribution >= 0.6 is 0 Å². The molecule has 2 aromatic rings. The second-order valence-electron chi connectivity index (χ2n) is 5.12. The molecule has 5 heteroatoms. The lowest BCUT2D eigenvalue weighted by Gasteiger charge is -2.12. The Labute approximate surface area is 130 Å². The van der Waals surface area contributed by atoms with Gasteiger partial charge < -0.3 is 20.5 Å². The molecule has 0 fully saturated rings. The third kappa shape index (κ3) is 4.15. The van der Waals surface area contributed by atoms with Crippen molar-refractivity contribution in [1.82, 2.24) is 0 Å². The molecule has 0 radical (unpaired) electrons. The maximum absolute atomic E-state index is 12.0. The van der Waals surface area contributed by atoms with E-state index in [1.807, 2.05) is 32.0 Å². The average Bonchev–Trinajstić information content (AvgIpc) is 2.46. The number of aryl methyl sites for hydroxylation is 2. The van der Waals surface area contributed by atoms with Gasteiger partial charge in [-0.3, -0.25) is 4.79 Å². The van der Waals surface area contributed by atoms with E-state index >= 15 is 0 Å². The van der Waals surface area contributed by atoms with E-state index < -0.39 is 0 Å². The third-order valence-corrected chi connectivity index (χ3v) is 3.06. The fraction of sp³-hybridized carbons (Fsp3) is 0.235. The van der Waals surface area contributed by atoms with Crippen molar-refractivity contribution in [3.05, 3.63) is 47.5 Å². The molecule has 0 bridgehead atoms. The molecule has 2 rings (SSSR count). The molecule has 0 spiro atoms. The average molecular weight is 300 g/mol. The molecule has 0 heterocycles. The Morgan fingerprint density at radius 3 is 2.45 bits per heavy atom. The van der Waals surface area contributed by atoms with E-state index in [-0.39, 0.29) is 12.5 Å². The summed E-state index contributed by atoms with van der Waals surface area (Å²) in [4.78, 5) is 12.0. The SMILES string of the molecule is COc1cc(N)ccc1NC(=O)COc1cc(C)cc(C)c1. The molecule has 0 aliphatic rings. The van der Waals surface area contributed by atoms with Crippen molar-refractivity contribution in [2.45, 2.75) is 13.8 Å². The van der Waals surface area contributed by atoms with Gasteiger partial charge >= 0.3 is 0 Å². The van der Waals surface area contributed by atoms with E-state index in [9.17, 15) is 4.79 Å². The van der Waals surface area contributed by atoms with Gasteiger partial charge in [-0.1, -0.05) is 6.07 Å². The van der Waals surface area contributed by atoms with Crippen LogP contribution in [0.15, 0.2) is 36.4 Å². The van der Waals surface area contributed by atoms with Crippen molar-refractivity contribution in [1.29, 1.82) is 0 Å². The fourth-order valence-corrected chi connectivity index (χ4v) is 2.16. The minimum absolute atomic E-state index is 0.0730. The molecule has 116 valence electrons. The number of benzene rings is 2. The molecule has 3 N–H and O–H groups in total. The standard InChI is InChI=1S/C17H20N2O3/c1-11-6-12(2)8-14(7-11)22-10-17(20)19-15-5-4-13(18)9-16(15)21-3/h4-9H,10,18H2,1-3H3,(H,19,20). The van der Waals surface area contributed by atoms with E-state index in [0.29, 0.717) is 22.9 Å². The number of anilines is 2. The van der Waals surface area contributed by atoms with Crippen LogP contribution in [0.1, 0.15) is 11.1 Å². The van der Waals surface area contributed by atoms with Crippen LogP contribution in [0.4, 0.5) is 11.4 Å². The Balaban J connectivity index is 1.98. The Hall–Kier alpha value is -2.69. The van der Waals surface area contributed by atoms with Gasteiger partial charge in [0.25, 0.3) is 5.91 Å². The van der Waals surface area contributed by atoms with Gasteiger partial charge in [0.15, 0.2) is 6.61 Å². The highest BCUT2D eigenvalue weighted by Gasteiger charge is 2.09. The minimum Gasteiger partial charge on any atom is -0.494 e. The van der Waals surface area contributed by atoms with Gasteiger partial charge in [0.05, 0.1) is 12.8 Å². The number of ether oxygens (including phenoxy) is 2. The first-order valence-electron chi connectivity index (χ1n) is 6.92. The van der Waals surface area contributed by atoms with Crippen molar-refractivity contribution in [2.24, 2.45) is 0 Å². The molecule has 0 atom stereocenters. The number of rotatable bonds is 5. The summed E-state index contributed by atoms with van der Waals surface area (Å²) in [5.41, 5.74) is 9.00. The van der Waals surface area contributed by atoms with E-state index in [4.69, 9.17) is 15.2 Å². The van der Waals surface area contributed by atoms with Gasteiger partial charge in [-0.25, -0.2) is 0 Å². The summed E-state index contributed by atoms with van der Waals surface area (Å²) < 4.78 is 10.7. The predicted octanol–water partition coefficient (Wildman–Crippen LogP) is 2.91. The number of amides is 1. The highest BCUT2D eigenvalue weighted by Crippen LogP contribution is 2.26. The quantitative estimate of drug-likeness (QED) is 0.833. The van der Waals surface area contributed by atoms with Gasteiger partial charge in [-0.05, 0) is 49.2 Å². The summed E-state index contributed by atoms with van der Waals surface area (Å²) in [5.74, 6) is 0.930. The van der Waals surface area contributed by atoms with Gasteiger partial charge in [0.1, 0.15) is 11.5 Å². The highest BCUT2D eigenvalue weighted by atomic mass is 16.5. The number of hydrogen-bond donors (Lipinski definition) is 2. The molecular formula is C17H20N2O3. The molecule has 22 heavy (non-hydrogen) atoms. The van der Waals surface area contributed by atoms with Gasteiger partial charge in [-0.2, -0.15) is 0 Å². The zero-order valence-electron chi connectivity index (χ0n) is 13.0. The monoisotopic (exact) mass is 300 g/mol. The second-order valence-corrected chi connectivity index (χ2v) is 5.12. The molecular weight excluding hydrogens is 280 g/mol. The van der Waals surface area contributed by atoms with E-state index in [0.717, 1.165) is 11.1 Å². The summed E-state index contributed by atoms with van der Waals surface area (Å²) in [6.45, 7) is 3.90. The smallest absolute Gasteiger partial charge is 0.262 e. The second kappa shape index (κ2) is 6.85. The first-order chi connectivity index (χ1) is 10.5. The van der Waals surface area contributed by atoms with Crippen molar-refractivity contribution in [3.8, 4) is 11.5 Å². The molecule has 0 aromatic heterocycles. The van der Waals surface area contributed by atoms with Crippen LogP contribution in [0.25, 0.3) is 0 Å². The number of nitrogens with one attached hydrogen (secondary N) is 1. The van der Waals surface area contributed by atoms with Crippen LogP contribution in [-0.2, 0) is 4.79 Å². The van der Waals surface area contributed by atoms with Crippen LogP contribution in [0.2, 0.25) is 0 Å². The van der Waals surface area contributed by atoms with Crippen LogP contribution in [-0.4, -0.2) is 19.6 Å². The summed E-state index contributed by atoms with van der Waals surface area (Å²) in [7, 11) is 1.52. The van der Waals surface area contributed by atoms with E-state index in [1.54, 1.807) is 18.2 Å². The highest BCUT2D eigenvalue weighted by molar-refractivity contribution is 5.93. The van der Waals surface area contributed by atoms with Crippen molar-refractivity contribution in [3.63, 3.8) is 0 Å². The Kier molecular flexibility index (Phi) is 4.88.